The summed E-state index contributed by atoms with van der Waals surface area (Å²) < 4.78 is 10.6. The lowest BCUT2D eigenvalue weighted by atomic mass is 10.3. The van der Waals surface area contributed by atoms with Crippen molar-refractivity contribution in [2.45, 2.75) is 13.3 Å². The maximum atomic E-state index is 10.4. The molecule has 0 aliphatic rings. The van der Waals surface area contributed by atoms with Gasteiger partial charge in [0.2, 0.25) is 0 Å². The van der Waals surface area contributed by atoms with Crippen molar-refractivity contribution in [1.29, 1.82) is 0 Å². The minimum absolute atomic E-state index is 0.244. The van der Waals surface area contributed by atoms with Gasteiger partial charge in [-0.05, 0) is 18.6 Å². The lowest BCUT2D eigenvalue weighted by Crippen LogP contribution is -2.12. The summed E-state index contributed by atoms with van der Waals surface area (Å²) in [6.45, 7) is 2.37. The van der Waals surface area contributed by atoms with Crippen molar-refractivity contribution in [2.24, 2.45) is 0 Å². The van der Waals surface area contributed by atoms with Gasteiger partial charge in [0.05, 0.1) is 6.61 Å². The van der Waals surface area contributed by atoms with Gasteiger partial charge in [0.25, 0.3) is 5.91 Å². The zero-order valence-electron chi connectivity index (χ0n) is 8.66. The summed E-state index contributed by atoms with van der Waals surface area (Å²) in [7, 11) is 0. The van der Waals surface area contributed by atoms with E-state index < -0.39 is 5.91 Å². The molecule has 0 aliphatic carbocycles. The summed E-state index contributed by atoms with van der Waals surface area (Å²) in [5, 5.41) is 0. The molecule has 1 aromatic rings. The molecule has 1 radical (unpaired) electrons. The number of carbonyl (C=O) groups is 1. The highest BCUT2D eigenvalue weighted by Crippen LogP contribution is 2.26. The monoisotopic (exact) mass is 208 g/mol. The van der Waals surface area contributed by atoms with Crippen LogP contribution in [0.3, 0.4) is 0 Å². The van der Waals surface area contributed by atoms with Gasteiger partial charge in [-0.25, -0.2) is 0 Å². The average Bonchev–Trinajstić information content (AvgIpc) is 2.24. The quantitative estimate of drug-likeness (QED) is 0.714. The highest BCUT2D eigenvalue weighted by molar-refractivity contribution is 5.74. The van der Waals surface area contributed by atoms with Crippen molar-refractivity contribution >= 4 is 5.91 Å². The van der Waals surface area contributed by atoms with Crippen LogP contribution in [0.1, 0.15) is 13.3 Å². The molecule has 0 saturated heterocycles. The first-order valence-corrected chi connectivity index (χ1v) is 4.83. The van der Waals surface area contributed by atoms with Crippen molar-refractivity contribution in [2.75, 3.05) is 13.2 Å². The lowest BCUT2D eigenvalue weighted by Gasteiger charge is -2.10. The van der Waals surface area contributed by atoms with E-state index >= 15 is 0 Å². The van der Waals surface area contributed by atoms with E-state index in [1.54, 1.807) is 18.2 Å². The summed E-state index contributed by atoms with van der Waals surface area (Å²) in [6, 6.07) is 7.12. The zero-order valence-corrected chi connectivity index (χ0v) is 8.66. The summed E-state index contributed by atoms with van der Waals surface area (Å²) in [5.41, 5.74) is 6.73. The van der Waals surface area contributed by atoms with Crippen molar-refractivity contribution in [3.8, 4) is 11.5 Å². The zero-order chi connectivity index (χ0) is 11.1. The Labute approximate surface area is 89.0 Å². The molecule has 0 aromatic heterocycles. The largest absolute Gasteiger partial charge is 0.490 e. The second kappa shape index (κ2) is 5.90. The summed E-state index contributed by atoms with van der Waals surface area (Å²) in [4.78, 5) is 10.4. The van der Waals surface area contributed by atoms with Gasteiger partial charge in [-0.3, -0.25) is 10.5 Å². The summed E-state index contributed by atoms with van der Waals surface area (Å²) in [5.74, 6) is 0.368. The van der Waals surface area contributed by atoms with Gasteiger partial charge in [0.1, 0.15) is 0 Å². The Kier molecular flexibility index (Phi) is 4.47. The van der Waals surface area contributed by atoms with Crippen LogP contribution in [0.15, 0.2) is 24.3 Å². The van der Waals surface area contributed by atoms with Gasteiger partial charge < -0.3 is 9.47 Å². The van der Waals surface area contributed by atoms with E-state index in [0.717, 1.165) is 6.42 Å². The van der Waals surface area contributed by atoms with Gasteiger partial charge in [-0.15, -0.1) is 0 Å². The lowest BCUT2D eigenvalue weighted by molar-refractivity contribution is -0.120. The Hall–Kier alpha value is -1.71. The minimum atomic E-state index is -0.750. The molecule has 4 nitrogen and oxygen atoms in total. The maximum Gasteiger partial charge on any atom is 0.276 e. The average molecular weight is 208 g/mol. The van der Waals surface area contributed by atoms with Crippen LogP contribution in [0.5, 0.6) is 11.5 Å². The number of amides is 1. The molecule has 0 unspecified atom stereocenters. The fourth-order valence-corrected chi connectivity index (χ4v) is 1.04. The highest BCUT2D eigenvalue weighted by Gasteiger charge is 2.04. The van der Waals surface area contributed by atoms with Gasteiger partial charge >= 0.3 is 0 Å². The molecule has 0 spiro atoms. The maximum absolute atomic E-state index is 10.4. The second-order valence-electron chi connectivity index (χ2n) is 3.01. The molecule has 1 N–H and O–H groups in total. The Morgan fingerprint density at radius 1 is 1.27 bits per heavy atom. The first-order chi connectivity index (χ1) is 7.24. The number of hydrogen-bond donors (Lipinski definition) is 0. The van der Waals surface area contributed by atoms with Crippen LogP contribution in [-0.4, -0.2) is 19.1 Å². The Morgan fingerprint density at radius 3 is 2.40 bits per heavy atom. The molecule has 1 amide bonds. The molecule has 0 saturated carbocycles. The van der Waals surface area contributed by atoms with E-state index in [0.29, 0.717) is 18.1 Å². The smallest absolute Gasteiger partial charge is 0.276 e. The molecule has 0 heterocycles. The third kappa shape index (κ3) is 3.89. The molecular weight excluding hydrogens is 194 g/mol. The van der Waals surface area contributed by atoms with Crippen LogP contribution in [0, 0.1) is 0 Å². The molecule has 1 rings (SSSR count). The number of carbonyl (C=O) groups excluding carboxylic acids is 1. The van der Waals surface area contributed by atoms with Gasteiger partial charge in [-0.2, -0.15) is 0 Å². The fourth-order valence-electron chi connectivity index (χ4n) is 1.04. The first-order valence-electron chi connectivity index (χ1n) is 4.83. The van der Waals surface area contributed by atoms with E-state index in [1.807, 2.05) is 13.0 Å². The van der Waals surface area contributed by atoms with Crippen LogP contribution in [0.25, 0.3) is 0 Å². The summed E-state index contributed by atoms with van der Waals surface area (Å²) in [6.07, 6.45) is 0.908. The molecule has 4 heteroatoms. The number of rotatable bonds is 6. The summed E-state index contributed by atoms with van der Waals surface area (Å²) >= 11 is 0. The number of nitrogens with one attached hydrogen (secondary N) is 1. The van der Waals surface area contributed by atoms with E-state index in [4.69, 9.17) is 15.2 Å². The van der Waals surface area contributed by atoms with Crippen molar-refractivity contribution in [3.05, 3.63) is 24.3 Å². The number of hydrogen-bond acceptors (Lipinski definition) is 3. The van der Waals surface area contributed by atoms with Crippen LogP contribution < -0.4 is 15.2 Å². The van der Waals surface area contributed by atoms with Gasteiger partial charge in [0.15, 0.2) is 18.1 Å². The van der Waals surface area contributed by atoms with Gasteiger partial charge in [0, 0.05) is 0 Å². The Balaban J connectivity index is 2.63. The SMILES string of the molecule is CCCOc1ccccc1OCC([NH])=O. The fraction of sp³-hybridized carbons (Fsp3) is 0.364. The Morgan fingerprint density at radius 2 is 1.87 bits per heavy atom. The molecular formula is C11H14NO3. The molecule has 81 valence electrons. The number of ether oxygens (including phenoxy) is 2. The van der Waals surface area contributed by atoms with E-state index in [9.17, 15) is 4.79 Å². The molecule has 0 fully saturated rings. The third-order valence-corrected chi connectivity index (χ3v) is 1.67. The molecule has 1 aromatic carbocycles. The third-order valence-electron chi connectivity index (χ3n) is 1.67. The number of benzene rings is 1. The van der Waals surface area contributed by atoms with Crippen LogP contribution in [0.4, 0.5) is 0 Å². The van der Waals surface area contributed by atoms with Crippen molar-refractivity contribution < 1.29 is 14.3 Å². The van der Waals surface area contributed by atoms with E-state index in [2.05, 4.69) is 0 Å². The normalized spacial score (nSPS) is 9.67. The second-order valence-corrected chi connectivity index (χ2v) is 3.01. The number of para-hydroxylation sites is 2. The first kappa shape index (κ1) is 11.4. The standard InChI is InChI=1S/C11H14NO3/c1-2-7-14-9-5-3-4-6-10(9)15-8-11(12)13/h3-6,12H,2,7-8H2,1H3. The molecule has 0 aliphatic heterocycles. The van der Waals surface area contributed by atoms with E-state index in [1.165, 1.54) is 0 Å². The predicted molar refractivity (Wildman–Crippen MR) is 55.8 cm³/mol. The minimum Gasteiger partial charge on any atom is -0.490 e. The topological polar surface area (TPSA) is 59.3 Å². The molecule has 0 atom stereocenters. The molecule has 0 bridgehead atoms. The van der Waals surface area contributed by atoms with Crippen molar-refractivity contribution in [3.63, 3.8) is 0 Å². The Bertz CT molecular complexity index is 325. The van der Waals surface area contributed by atoms with E-state index in [-0.39, 0.29) is 6.61 Å². The van der Waals surface area contributed by atoms with Crippen LogP contribution in [0.2, 0.25) is 0 Å². The predicted octanol–water partition coefficient (Wildman–Crippen LogP) is 1.66. The van der Waals surface area contributed by atoms with Crippen LogP contribution in [-0.2, 0) is 4.79 Å². The van der Waals surface area contributed by atoms with Crippen LogP contribution >= 0.6 is 0 Å². The van der Waals surface area contributed by atoms with Crippen molar-refractivity contribution in [1.82, 2.24) is 5.73 Å². The van der Waals surface area contributed by atoms with Gasteiger partial charge in [-0.1, -0.05) is 19.1 Å². The molecule has 15 heavy (non-hydrogen) atoms. The highest BCUT2D eigenvalue weighted by atomic mass is 16.5.